The van der Waals surface area contributed by atoms with E-state index >= 15 is 0 Å². The molecule has 10 heteroatoms. The first kappa shape index (κ1) is 24.0. The number of hydrogen-bond donors (Lipinski definition) is 3. The second kappa shape index (κ2) is 12.4. The Morgan fingerprint density at radius 3 is 2.63 bits per heavy atom. The van der Waals surface area contributed by atoms with Crippen molar-refractivity contribution in [3.63, 3.8) is 0 Å². The number of rotatable bonds is 8. The normalized spacial score (nSPS) is 10.2. The summed E-state index contributed by atoms with van der Waals surface area (Å²) in [6.07, 6.45) is 6.62. The standard InChI is InChI=1S/C11H12ClN3.C9H11ClN2O2S/c1-13-11-4-8(3-10(12)5-11)9-6-14-15(2)7-9;10-8-5-11-9(4-7(8)6-14)12-15-3-1-2-13/h3-7,13H,1-2H3;4-6,13H,1-3H2,(H,11,12). The first-order valence-electron chi connectivity index (χ1n) is 9.03. The van der Waals surface area contributed by atoms with E-state index in [-0.39, 0.29) is 6.61 Å². The topological polar surface area (TPSA) is 92.1 Å². The molecule has 3 rings (SSSR count). The monoisotopic (exact) mass is 467 g/mol. The van der Waals surface area contributed by atoms with Gasteiger partial charge in [0, 0.05) is 60.7 Å². The Morgan fingerprint density at radius 2 is 2.00 bits per heavy atom. The van der Waals surface area contributed by atoms with Gasteiger partial charge >= 0.3 is 0 Å². The van der Waals surface area contributed by atoms with Crippen LogP contribution in [0.1, 0.15) is 16.8 Å². The molecule has 160 valence electrons. The van der Waals surface area contributed by atoms with Crippen LogP contribution in [0.15, 0.2) is 42.9 Å². The zero-order valence-electron chi connectivity index (χ0n) is 16.6. The second-order valence-electron chi connectivity index (χ2n) is 6.12. The molecule has 2 aromatic heterocycles. The summed E-state index contributed by atoms with van der Waals surface area (Å²) in [7, 11) is 3.77. The van der Waals surface area contributed by atoms with E-state index in [0.717, 1.165) is 27.6 Å². The number of aromatic nitrogens is 3. The Hall–Kier alpha value is -2.26. The van der Waals surface area contributed by atoms with Crippen LogP contribution in [0.25, 0.3) is 11.1 Å². The minimum absolute atomic E-state index is 0.169. The number of benzene rings is 1. The number of hydrogen-bond acceptors (Lipinski definition) is 7. The molecule has 3 aromatic rings. The van der Waals surface area contributed by atoms with E-state index in [2.05, 4.69) is 20.1 Å². The van der Waals surface area contributed by atoms with Gasteiger partial charge in [-0.3, -0.25) is 9.48 Å². The number of carbonyl (C=O) groups excluding carboxylic acids is 1. The van der Waals surface area contributed by atoms with Crippen LogP contribution >= 0.6 is 35.1 Å². The molecule has 0 fully saturated rings. The molecule has 0 bridgehead atoms. The maximum Gasteiger partial charge on any atom is 0.151 e. The summed E-state index contributed by atoms with van der Waals surface area (Å²) in [5, 5.41) is 16.8. The van der Waals surface area contributed by atoms with Crippen LogP contribution in [0, 0.1) is 0 Å². The van der Waals surface area contributed by atoms with Gasteiger partial charge in [0.15, 0.2) is 6.29 Å². The predicted molar refractivity (Wildman–Crippen MR) is 126 cm³/mol. The van der Waals surface area contributed by atoms with Crippen molar-refractivity contribution < 1.29 is 9.90 Å². The SMILES string of the molecule is CNc1cc(Cl)cc(-c2cnn(C)c2)c1.O=Cc1cc(NSCCCO)ncc1Cl. The molecule has 0 spiro atoms. The number of nitrogens with one attached hydrogen (secondary N) is 2. The minimum atomic E-state index is 0.169. The molecule has 0 saturated carbocycles. The highest BCUT2D eigenvalue weighted by Crippen LogP contribution is 2.26. The van der Waals surface area contributed by atoms with Gasteiger partial charge in [-0.05, 0) is 36.2 Å². The van der Waals surface area contributed by atoms with E-state index in [1.54, 1.807) is 10.7 Å². The van der Waals surface area contributed by atoms with E-state index in [0.29, 0.717) is 29.1 Å². The van der Waals surface area contributed by atoms with Gasteiger partial charge in [-0.25, -0.2) is 4.98 Å². The van der Waals surface area contributed by atoms with Gasteiger partial charge in [-0.15, -0.1) is 0 Å². The lowest BCUT2D eigenvalue weighted by atomic mass is 10.1. The average molecular weight is 468 g/mol. The van der Waals surface area contributed by atoms with E-state index in [1.807, 2.05) is 44.7 Å². The van der Waals surface area contributed by atoms with Crippen molar-refractivity contribution in [1.29, 1.82) is 0 Å². The van der Waals surface area contributed by atoms with E-state index in [4.69, 9.17) is 28.3 Å². The second-order valence-corrected chi connectivity index (χ2v) is 7.86. The number of halogens is 2. The van der Waals surface area contributed by atoms with Crippen molar-refractivity contribution in [1.82, 2.24) is 14.8 Å². The van der Waals surface area contributed by atoms with Crippen LogP contribution < -0.4 is 10.0 Å². The molecule has 0 radical (unpaired) electrons. The maximum absolute atomic E-state index is 10.6. The lowest BCUT2D eigenvalue weighted by molar-refractivity contribution is 0.112. The zero-order valence-corrected chi connectivity index (χ0v) is 18.9. The van der Waals surface area contributed by atoms with E-state index in [1.165, 1.54) is 18.1 Å². The summed E-state index contributed by atoms with van der Waals surface area (Å²) in [6, 6.07) is 7.45. The molecule has 0 atom stereocenters. The van der Waals surface area contributed by atoms with Crippen molar-refractivity contribution in [2.24, 2.45) is 7.05 Å². The first-order valence-corrected chi connectivity index (χ1v) is 10.8. The summed E-state index contributed by atoms with van der Waals surface area (Å²) in [4.78, 5) is 14.6. The molecule has 0 amide bonds. The molecule has 0 aliphatic rings. The van der Waals surface area contributed by atoms with Crippen LogP contribution in [-0.2, 0) is 7.05 Å². The summed E-state index contributed by atoms with van der Waals surface area (Å²) < 4.78 is 4.73. The number of aldehydes is 1. The van der Waals surface area contributed by atoms with Crippen LogP contribution in [0.3, 0.4) is 0 Å². The molecule has 7 nitrogen and oxygen atoms in total. The summed E-state index contributed by atoms with van der Waals surface area (Å²) in [5.41, 5.74) is 3.55. The molecule has 0 unspecified atom stereocenters. The molecular formula is C20H23Cl2N5O2S. The van der Waals surface area contributed by atoms with Crippen molar-refractivity contribution >= 4 is 52.9 Å². The highest BCUT2D eigenvalue weighted by molar-refractivity contribution is 8.00. The third-order valence-corrected chi connectivity index (χ3v) is 5.20. The third kappa shape index (κ3) is 7.53. The van der Waals surface area contributed by atoms with Gasteiger partial charge in [0.1, 0.15) is 5.82 Å². The van der Waals surface area contributed by atoms with Crippen molar-refractivity contribution in [3.05, 3.63) is 58.5 Å². The largest absolute Gasteiger partial charge is 0.396 e. The maximum atomic E-state index is 10.6. The predicted octanol–water partition coefficient (Wildman–Crippen LogP) is 4.77. The van der Waals surface area contributed by atoms with Gasteiger partial charge in [0.05, 0.1) is 11.2 Å². The molecular weight excluding hydrogens is 445 g/mol. The first-order chi connectivity index (χ1) is 14.5. The van der Waals surface area contributed by atoms with Crippen molar-refractivity contribution in [2.75, 3.05) is 29.4 Å². The Kier molecular flexibility index (Phi) is 9.96. The van der Waals surface area contributed by atoms with Crippen molar-refractivity contribution in [3.8, 4) is 11.1 Å². The fourth-order valence-electron chi connectivity index (χ4n) is 2.33. The van der Waals surface area contributed by atoms with Gasteiger partial charge in [-0.2, -0.15) is 5.10 Å². The lowest BCUT2D eigenvalue weighted by Gasteiger charge is -2.04. The molecule has 1 aromatic carbocycles. The molecule has 3 N–H and O–H groups in total. The average Bonchev–Trinajstić information content (AvgIpc) is 3.18. The van der Waals surface area contributed by atoms with Crippen LogP contribution in [0.4, 0.5) is 11.5 Å². The Bertz CT molecular complexity index is 968. The molecule has 0 aliphatic carbocycles. The summed E-state index contributed by atoms with van der Waals surface area (Å²) >= 11 is 13.2. The Labute approximate surface area is 189 Å². The molecule has 30 heavy (non-hydrogen) atoms. The van der Waals surface area contributed by atoms with E-state index in [9.17, 15) is 4.79 Å². The van der Waals surface area contributed by atoms with Crippen LogP contribution in [0.5, 0.6) is 0 Å². The van der Waals surface area contributed by atoms with Gasteiger partial charge in [-0.1, -0.05) is 35.1 Å². The summed E-state index contributed by atoms with van der Waals surface area (Å²) in [6.45, 7) is 0.169. The van der Waals surface area contributed by atoms with Gasteiger partial charge < -0.3 is 15.1 Å². The number of aryl methyl sites for hydroxylation is 1. The Balaban J connectivity index is 0.000000214. The Morgan fingerprint density at radius 1 is 1.20 bits per heavy atom. The number of nitrogens with zero attached hydrogens (tertiary/aromatic N) is 3. The molecule has 2 heterocycles. The lowest BCUT2D eigenvalue weighted by Crippen LogP contribution is -1.95. The number of carbonyl (C=O) groups is 1. The third-order valence-electron chi connectivity index (χ3n) is 3.82. The fourth-order valence-corrected chi connectivity index (χ4v) is 3.35. The highest BCUT2D eigenvalue weighted by atomic mass is 35.5. The molecule has 0 aliphatic heterocycles. The van der Waals surface area contributed by atoms with Gasteiger partial charge in [0.2, 0.25) is 0 Å². The highest BCUT2D eigenvalue weighted by Gasteiger charge is 2.03. The van der Waals surface area contributed by atoms with Crippen LogP contribution in [0.2, 0.25) is 10.0 Å². The molecule has 0 saturated heterocycles. The quantitative estimate of drug-likeness (QED) is 0.249. The smallest absolute Gasteiger partial charge is 0.151 e. The number of aliphatic hydroxyl groups is 1. The van der Waals surface area contributed by atoms with Crippen molar-refractivity contribution in [2.45, 2.75) is 6.42 Å². The van der Waals surface area contributed by atoms with Gasteiger partial charge in [0.25, 0.3) is 0 Å². The van der Waals surface area contributed by atoms with E-state index < -0.39 is 0 Å². The minimum Gasteiger partial charge on any atom is -0.396 e. The van der Waals surface area contributed by atoms with Crippen LogP contribution in [-0.4, -0.2) is 45.6 Å². The number of pyridine rings is 1. The summed E-state index contributed by atoms with van der Waals surface area (Å²) in [5.74, 6) is 1.36. The number of anilines is 2. The zero-order chi connectivity index (χ0) is 21.9. The fraction of sp³-hybridized carbons (Fsp3) is 0.250. The number of aliphatic hydroxyl groups excluding tert-OH is 1.